The lowest BCUT2D eigenvalue weighted by Gasteiger charge is -2.24. The largest absolute Gasteiger partial charge is 0.618 e. The Morgan fingerprint density at radius 2 is 2.00 bits per heavy atom. The number of amides is 1. The molecule has 9 heteroatoms. The van der Waals surface area contributed by atoms with Crippen LogP contribution in [-0.2, 0) is 9.53 Å². The van der Waals surface area contributed by atoms with Crippen LogP contribution >= 0.6 is 0 Å². The number of fused-ring (bicyclic) bond motifs is 1. The molecule has 0 unspecified atom stereocenters. The Labute approximate surface area is 191 Å². The quantitative estimate of drug-likeness (QED) is 0.392. The number of aromatic nitrogens is 2. The molecule has 4 rings (SSSR count). The van der Waals surface area contributed by atoms with Crippen LogP contribution in [0.5, 0.6) is 17.4 Å². The van der Waals surface area contributed by atoms with Gasteiger partial charge in [0.2, 0.25) is 17.3 Å². The summed E-state index contributed by atoms with van der Waals surface area (Å²) >= 11 is 0. The summed E-state index contributed by atoms with van der Waals surface area (Å²) < 4.78 is 23.2. The number of benzene rings is 1. The molecule has 3 aromatic rings. The van der Waals surface area contributed by atoms with E-state index in [2.05, 4.69) is 5.32 Å². The molecule has 0 saturated carbocycles. The number of pyridine rings is 2. The highest BCUT2D eigenvalue weighted by Gasteiger charge is 2.32. The van der Waals surface area contributed by atoms with Crippen LogP contribution in [0.1, 0.15) is 12.8 Å². The number of carbonyl (C=O) groups excluding carboxylic acids is 1. The summed E-state index contributed by atoms with van der Waals surface area (Å²) in [5.74, 6) is 1.46. The van der Waals surface area contributed by atoms with Crippen LogP contribution in [0.25, 0.3) is 22.2 Å². The van der Waals surface area contributed by atoms with Crippen LogP contribution in [0.2, 0.25) is 0 Å². The van der Waals surface area contributed by atoms with Gasteiger partial charge in [-0.05, 0) is 24.3 Å². The van der Waals surface area contributed by atoms with E-state index in [4.69, 9.17) is 23.9 Å². The van der Waals surface area contributed by atoms with Crippen molar-refractivity contribution in [1.29, 1.82) is 0 Å². The Morgan fingerprint density at radius 1 is 1.18 bits per heavy atom. The van der Waals surface area contributed by atoms with Gasteiger partial charge in [0.25, 0.3) is 0 Å². The van der Waals surface area contributed by atoms with Gasteiger partial charge < -0.3 is 29.5 Å². The highest BCUT2D eigenvalue weighted by atomic mass is 16.5. The summed E-state index contributed by atoms with van der Waals surface area (Å²) in [5.41, 5.74) is 1.73. The fourth-order valence-corrected chi connectivity index (χ4v) is 4.05. The lowest BCUT2D eigenvalue weighted by molar-refractivity contribution is -0.577. The molecule has 3 heterocycles. The fraction of sp³-hybridized carbons (Fsp3) is 0.375. The van der Waals surface area contributed by atoms with E-state index in [1.165, 1.54) is 6.20 Å². The van der Waals surface area contributed by atoms with Crippen molar-refractivity contribution in [2.75, 3.05) is 34.5 Å². The first-order chi connectivity index (χ1) is 16.0. The van der Waals surface area contributed by atoms with E-state index in [0.717, 1.165) is 10.3 Å². The maximum Gasteiger partial charge on any atom is 0.231 e. The fourth-order valence-electron chi connectivity index (χ4n) is 4.05. The van der Waals surface area contributed by atoms with Gasteiger partial charge in [0.1, 0.15) is 11.5 Å². The van der Waals surface area contributed by atoms with E-state index in [9.17, 15) is 10.0 Å². The standard InChI is InChI=1S/C24H27N3O6/c1-30-10-8-20(16-12-23(28)25-14-16)33-24-17-5-4-9-27(29)19(17)13-18(26-24)15-6-7-21(31-2)22(11-15)32-3/h4-7,9,11,13,16,20H,8,10,12,14H2,1-3H3,(H,25,28)/t16-,20-/m1/s1. The Bertz CT molecular complexity index is 1150. The second-order valence-corrected chi connectivity index (χ2v) is 7.86. The van der Waals surface area contributed by atoms with Gasteiger partial charge in [-0.1, -0.05) is 0 Å². The van der Waals surface area contributed by atoms with E-state index in [-0.39, 0.29) is 17.9 Å². The first-order valence-corrected chi connectivity index (χ1v) is 10.7. The zero-order chi connectivity index (χ0) is 23.4. The summed E-state index contributed by atoms with van der Waals surface area (Å²) in [6.45, 7) is 1.01. The molecule has 2 aromatic heterocycles. The first-order valence-electron chi connectivity index (χ1n) is 10.7. The molecule has 1 amide bonds. The van der Waals surface area contributed by atoms with Gasteiger partial charge in [-0.3, -0.25) is 4.79 Å². The number of nitrogens with zero attached hydrogens (tertiary/aromatic N) is 2. The zero-order valence-electron chi connectivity index (χ0n) is 18.9. The van der Waals surface area contributed by atoms with Crippen LogP contribution < -0.4 is 24.3 Å². The van der Waals surface area contributed by atoms with E-state index < -0.39 is 0 Å². The van der Waals surface area contributed by atoms with Crippen molar-refractivity contribution in [2.45, 2.75) is 18.9 Å². The lowest BCUT2D eigenvalue weighted by atomic mass is 9.99. The summed E-state index contributed by atoms with van der Waals surface area (Å²) in [5, 5.41) is 16.1. The number of carbonyl (C=O) groups is 1. The molecule has 1 aliphatic heterocycles. The molecule has 33 heavy (non-hydrogen) atoms. The van der Waals surface area contributed by atoms with Gasteiger partial charge in [-0.25, -0.2) is 4.98 Å². The normalized spacial score (nSPS) is 16.5. The molecule has 1 saturated heterocycles. The van der Waals surface area contributed by atoms with Gasteiger partial charge in [0, 0.05) is 56.7 Å². The van der Waals surface area contributed by atoms with Crippen LogP contribution in [0, 0.1) is 11.1 Å². The van der Waals surface area contributed by atoms with E-state index >= 15 is 0 Å². The predicted octanol–water partition coefficient (Wildman–Crippen LogP) is 2.47. The third kappa shape index (κ3) is 4.78. The van der Waals surface area contributed by atoms with Crippen molar-refractivity contribution in [1.82, 2.24) is 10.3 Å². The average molecular weight is 453 g/mol. The number of rotatable bonds is 9. The number of hydrogen-bond acceptors (Lipinski definition) is 7. The monoisotopic (exact) mass is 453 g/mol. The minimum atomic E-state index is -0.305. The Kier molecular flexibility index (Phi) is 6.79. The average Bonchev–Trinajstić information content (AvgIpc) is 3.27. The highest BCUT2D eigenvalue weighted by Crippen LogP contribution is 2.35. The van der Waals surface area contributed by atoms with Crippen LogP contribution in [0.4, 0.5) is 0 Å². The topological polar surface area (TPSA) is 106 Å². The number of hydrogen-bond donors (Lipinski definition) is 1. The van der Waals surface area contributed by atoms with Gasteiger partial charge in [0.05, 0.1) is 19.9 Å². The van der Waals surface area contributed by atoms with E-state index in [1.54, 1.807) is 51.7 Å². The van der Waals surface area contributed by atoms with Crippen molar-refractivity contribution >= 4 is 16.8 Å². The Balaban J connectivity index is 1.78. The molecule has 0 bridgehead atoms. The molecule has 0 radical (unpaired) electrons. The van der Waals surface area contributed by atoms with Crippen LogP contribution in [0.3, 0.4) is 0 Å². The minimum absolute atomic E-state index is 0.000289. The summed E-state index contributed by atoms with van der Waals surface area (Å²) in [7, 11) is 4.76. The molecular formula is C24H27N3O6. The molecular weight excluding hydrogens is 426 g/mol. The third-order valence-corrected chi connectivity index (χ3v) is 5.81. The van der Waals surface area contributed by atoms with Gasteiger partial charge >= 0.3 is 0 Å². The summed E-state index contributed by atoms with van der Waals surface area (Å²) in [4.78, 5) is 16.6. The van der Waals surface area contributed by atoms with Crippen LogP contribution in [0.15, 0.2) is 42.6 Å². The maximum absolute atomic E-state index is 12.6. The molecule has 0 aliphatic carbocycles. The molecule has 1 N–H and O–H groups in total. The molecule has 0 spiro atoms. The Hall–Kier alpha value is -3.59. The molecule has 9 nitrogen and oxygen atoms in total. The van der Waals surface area contributed by atoms with Crippen molar-refractivity contribution < 1.29 is 28.5 Å². The second-order valence-electron chi connectivity index (χ2n) is 7.86. The summed E-state index contributed by atoms with van der Waals surface area (Å²) in [6.07, 6.45) is 2.10. The lowest BCUT2D eigenvalue weighted by Crippen LogP contribution is -2.31. The zero-order valence-corrected chi connectivity index (χ0v) is 18.9. The third-order valence-electron chi connectivity index (χ3n) is 5.81. The summed E-state index contributed by atoms with van der Waals surface area (Å²) in [6, 6.07) is 10.6. The smallest absolute Gasteiger partial charge is 0.231 e. The van der Waals surface area contributed by atoms with Crippen LogP contribution in [-0.4, -0.2) is 51.5 Å². The van der Waals surface area contributed by atoms with Gasteiger partial charge in [0.15, 0.2) is 17.7 Å². The Morgan fingerprint density at radius 3 is 2.70 bits per heavy atom. The van der Waals surface area contributed by atoms with Gasteiger partial charge in [-0.15, -0.1) is 0 Å². The highest BCUT2D eigenvalue weighted by molar-refractivity contribution is 5.85. The first kappa shape index (κ1) is 22.6. The molecule has 2 atom stereocenters. The van der Waals surface area contributed by atoms with E-state index in [1.807, 2.05) is 6.07 Å². The molecule has 174 valence electrons. The molecule has 1 aromatic carbocycles. The molecule has 1 aliphatic rings. The SMILES string of the molecule is COCC[C@@H](Oc1nc(-c2ccc(OC)c(OC)c2)cc2c1ccc[n+]2[O-])[C@H]1CNC(=O)C1. The molecule has 1 fully saturated rings. The number of ether oxygens (including phenoxy) is 4. The number of nitrogens with one attached hydrogen (secondary N) is 1. The predicted molar refractivity (Wildman–Crippen MR) is 121 cm³/mol. The van der Waals surface area contributed by atoms with Gasteiger partial charge in [-0.2, -0.15) is 4.73 Å². The second kappa shape index (κ2) is 9.91. The van der Waals surface area contributed by atoms with Crippen molar-refractivity contribution in [2.24, 2.45) is 5.92 Å². The minimum Gasteiger partial charge on any atom is -0.618 e. The van der Waals surface area contributed by atoms with Crippen molar-refractivity contribution in [3.8, 4) is 28.6 Å². The van der Waals surface area contributed by atoms with Crippen molar-refractivity contribution in [3.05, 3.63) is 47.8 Å². The van der Waals surface area contributed by atoms with E-state index in [0.29, 0.717) is 60.0 Å². The maximum atomic E-state index is 12.6. The number of methoxy groups -OCH3 is 3. The van der Waals surface area contributed by atoms with Crippen molar-refractivity contribution in [3.63, 3.8) is 0 Å².